The molecule has 2 N–H and O–H groups in total. The van der Waals surface area contributed by atoms with Gasteiger partial charge in [0.05, 0.1) is 6.10 Å². The molecule has 2 rings (SSSR count). The lowest BCUT2D eigenvalue weighted by atomic mass is 9.94. The van der Waals surface area contributed by atoms with E-state index in [2.05, 4.69) is 0 Å². The number of carboxylic acids is 1. The van der Waals surface area contributed by atoms with Gasteiger partial charge in [-0.1, -0.05) is 0 Å². The van der Waals surface area contributed by atoms with Gasteiger partial charge in [-0.15, -0.1) is 12.4 Å². The van der Waals surface area contributed by atoms with Crippen LogP contribution in [-0.4, -0.2) is 45.8 Å². The molecule has 2 atom stereocenters. The molecular weight excluding hydrogens is 194 g/mol. The number of aliphatic hydroxyl groups is 1. The molecule has 2 aliphatic heterocycles. The summed E-state index contributed by atoms with van der Waals surface area (Å²) in [5.41, 5.74) is -0.723. The lowest BCUT2D eigenvalue weighted by molar-refractivity contribution is -0.148. The van der Waals surface area contributed by atoms with Gasteiger partial charge < -0.3 is 10.2 Å². The summed E-state index contributed by atoms with van der Waals surface area (Å²) >= 11 is 0. The number of rotatable bonds is 1. The van der Waals surface area contributed by atoms with Crippen molar-refractivity contribution in [3.05, 3.63) is 0 Å². The second-order valence-corrected chi connectivity index (χ2v) is 3.74. The van der Waals surface area contributed by atoms with Crippen LogP contribution in [0.5, 0.6) is 0 Å². The lowest BCUT2D eigenvalue weighted by Crippen LogP contribution is -2.45. The maximum Gasteiger partial charge on any atom is 0.324 e. The molecule has 0 aromatic carbocycles. The highest BCUT2D eigenvalue weighted by Gasteiger charge is 2.53. The first kappa shape index (κ1) is 10.8. The van der Waals surface area contributed by atoms with Gasteiger partial charge in [0.15, 0.2) is 0 Å². The number of β-amino-alcohol motifs (C(OH)–C–C–N with tert-alkyl or cyclic N) is 1. The van der Waals surface area contributed by atoms with E-state index in [1.165, 1.54) is 0 Å². The van der Waals surface area contributed by atoms with Gasteiger partial charge in [0, 0.05) is 13.0 Å². The molecule has 0 radical (unpaired) electrons. The normalized spacial score (nSPS) is 38.4. The van der Waals surface area contributed by atoms with E-state index < -0.39 is 17.6 Å². The van der Waals surface area contributed by atoms with Crippen molar-refractivity contribution < 1.29 is 15.0 Å². The van der Waals surface area contributed by atoms with E-state index in [1.54, 1.807) is 0 Å². The first-order valence-electron chi connectivity index (χ1n) is 4.32. The Balaban J connectivity index is 0.000000845. The summed E-state index contributed by atoms with van der Waals surface area (Å²) in [6.07, 6.45) is 1.60. The highest BCUT2D eigenvalue weighted by molar-refractivity contribution is 5.85. The average molecular weight is 208 g/mol. The third-order valence-corrected chi connectivity index (χ3v) is 3.03. The summed E-state index contributed by atoms with van der Waals surface area (Å²) in [6.45, 7) is 1.36. The first-order valence-corrected chi connectivity index (χ1v) is 4.32. The maximum absolute atomic E-state index is 11.0. The van der Waals surface area contributed by atoms with Crippen molar-refractivity contribution in [3.63, 3.8) is 0 Å². The predicted octanol–water partition coefficient (Wildman–Crippen LogP) is 0.0920. The van der Waals surface area contributed by atoms with E-state index in [0.29, 0.717) is 19.4 Å². The van der Waals surface area contributed by atoms with Gasteiger partial charge in [-0.05, 0) is 19.4 Å². The average Bonchev–Trinajstić information content (AvgIpc) is 2.42. The molecule has 2 saturated heterocycles. The molecule has 2 fully saturated rings. The smallest absolute Gasteiger partial charge is 0.324 e. The van der Waals surface area contributed by atoms with Crippen LogP contribution in [-0.2, 0) is 4.79 Å². The number of aliphatic carboxylic acids is 1. The number of nitrogens with zero attached hydrogens (tertiary/aromatic N) is 1. The van der Waals surface area contributed by atoms with E-state index in [0.717, 1.165) is 13.0 Å². The van der Waals surface area contributed by atoms with Crippen LogP contribution in [0.3, 0.4) is 0 Å². The summed E-state index contributed by atoms with van der Waals surface area (Å²) < 4.78 is 0. The van der Waals surface area contributed by atoms with Gasteiger partial charge in [-0.25, -0.2) is 0 Å². The molecule has 4 nitrogen and oxygen atoms in total. The summed E-state index contributed by atoms with van der Waals surface area (Å²) in [4.78, 5) is 12.9. The molecule has 0 bridgehead atoms. The first-order chi connectivity index (χ1) is 5.65. The number of carbonyl (C=O) groups is 1. The van der Waals surface area contributed by atoms with Crippen molar-refractivity contribution in [2.45, 2.75) is 30.9 Å². The summed E-state index contributed by atoms with van der Waals surface area (Å²) in [7, 11) is 0. The maximum atomic E-state index is 11.0. The Labute approximate surface area is 82.9 Å². The minimum absolute atomic E-state index is 0. The van der Waals surface area contributed by atoms with Gasteiger partial charge >= 0.3 is 5.97 Å². The van der Waals surface area contributed by atoms with Crippen molar-refractivity contribution in [3.8, 4) is 0 Å². The van der Waals surface area contributed by atoms with Gasteiger partial charge in [0.1, 0.15) is 5.54 Å². The molecule has 0 saturated carbocycles. The fourth-order valence-corrected chi connectivity index (χ4v) is 2.47. The standard InChI is InChI=1S/C8H13NO3.ClH/c10-6-4-8(7(11)12)2-1-3-9(8)5-6;/h6,10H,1-5H2,(H,11,12);1H. The molecule has 76 valence electrons. The van der Waals surface area contributed by atoms with Crippen LogP contribution in [0.25, 0.3) is 0 Å². The van der Waals surface area contributed by atoms with E-state index in [9.17, 15) is 9.90 Å². The van der Waals surface area contributed by atoms with Crippen molar-refractivity contribution in [2.24, 2.45) is 0 Å². The zero-order valence-electron chi connectivity index (χ0n) is 7.27. The molecule has 0 aromatic heterocycles. The van der Waals surface area contributed by atoms with Gasteiger partial charge in [-0.3, -0.25) is 9.69 Å². The third-order valence-electron chi connectivity index (χ3n) is 3.03. The van der Waals surface area contributed by atoms with Gasteiger partial charge in [-0.2, -0.15) is 0 Å². The highest BCUT2D eigenvalue weighted by atomic mass is 35.5. The third kappa shape index (κ3) is 1.43. The Morgan fingerprint density at radius 3 is 2.77 bits per heavy atom. The van der Waals surface area contributed by atoms with Crippen LogP contribution < -0.4 is 0 Å². The van der Waals surface area contributed by atoms with Gasteiger partial charge in [0.2, 0.25) is 0 Å². The van der Waals surface area contributed by atoms with Crippen molar-refractivity contribution in [2.75, 3.05) is 13.1 Å². The molecule has 0 aliphatic carbocycles. The van der Waals surface area contributed by atoms with Crippen LogP contribution in [0.15, 0.2) is 0 Å². The van der Waals surface area contributed by atoms with E-state index >= 15 is 0 Å². The predicted molar refractivity (Wildman–Crippen MR) is 49.0 cm³/mol. The number of halogens is 1. The molecule has 2 aliphatic rings. The monoisotopic (exact) mass is 207 g/mol. The fraction of sp³-hybridized carbons (Fsp3) is 0.875. The SMILES string of the molecule is Cl.O=C(O)C12CCCN1CC(O)C2. The minimum atomic E-state index is -0.767. The van der Waals surface area contributed by atoms with E-state index in [1.807, 2.05) is 4.90 Å². The largest absolute Gasteiger partial charge is 0.480 e. The molecular formula is C8H14ClNO3. The number of carboxylic acid groups (broad SMARTS) is 1. The summed E-state index contributed by atoms with van der Waals surface area (Å²) in [6, 6.07) is 0. The van der Waals surface area contributed by atoms with E-state index in [4.69, 9.17) is 5.11 Å². The quantitative estimate of drug-likeness (QED) is 0.640. The second kappa shape index (κ2) is 3.44. The van der Waals surface area contributed by atoms with Crippen LogP contribution in [0.4, 0.5) is 0 Å². The van der Waals surface area contributed by atoms with Crippen LogP contribution in [0.1, 0.15) is 19.3 Å². The van der Waals surface area contributed by atoms with Crippen LogP contribution in [0.2, 0.25) is 0 Å². The Kier molecular flexibility index (Phi) is 2.85. The Hall–Kier alpha value is -0.320. The summed E-state index contributed by atoms with van der Waals surface area (Å²) in [5.74, 6) is -0.767. The molecule has 0 amide bonds. The second-order valence-electron chi connectivity index (χ2n) is 3.74. The molecule has 13 heavy (non-hydrogen) atoms. The van der Waals surface area contributed by atoms with Crippen molar-refractivity contribution in [1.29, 1.82) is 0 Å². The lowest BCUT2D eigenvalue weighted by Gasteiger charge is -2.26. The molecule has 0 aromatic rings. The summed E-state index contributed by atoms with van der Waals surface area (Å²) in [5, 5.41) is 18.4. The van der Waals surface area contributed by atoms with Crippen LogP contribution in [0, 0.1) is 0 Å². The number of fused-ring (bicyclic) bond motifs is 1. The minimum Gasteiger partial charge on any atom is -0.480 e. The Bertz CT molecular complexity index is 223. The van der Waals surface area contributed by atoms with Crippen molar-refractivity contribution in [1.82, 2.24) is 4.90 Å². The number of aliphatic hydroxyl groups excluding tert-OH is 1. The fourth-order valence-electron chi connectivity index (χ4n) is 2.47. The highest BCUT2D eigenvalue weighted by Crippen LogP contribution is 2.38. The zero-order valence-corrected chi connectivity index (χ0v) is 8.09. The molecule has 2 unspecified atom stereocenters. The van der Waals surface area contributed by atoms with Crippen LogP contribution >= 0.6 is 12.4 Å². The van der Waals surface area contributed by atoms with Gasteiger partial charge in [0.25, 0.3) is 0 Å². The number of hydrogen-bond acceptors (Lipinski definition) is 3. The molecule has 2 heterocycles. The Morgan fingerprint density at radius 2 is 2.23 bits per heavy atom. The Morgan fingerprint density at radius 1 is 1.54 bits per heavy atom. The topological polar surface area (TPSA) is 60.8 Å². The van der Waals surface area contributed by atoms with Crippen molar-refractivity contribution >= 4 is 18.4 Å². The molecule has 5 heteroatoms. The molecule has 0 spiro atoms. The van der Waals surface area contributed by atoms with E-state index in [-0.39, 0.29) is 12.4 Å². The number of hydrogen-bond donors (Lipinski definition) is 2. The zero-order chi connectivity index (χ0) is 8.77.